The molecule has 0 amide bonds. The molecule has 3 heteroatoms. The first-order valence-electron chi connectivity index (χ1n) is 3.75. The zero-order valence-electron chi connectivity index (χ0n) is 7.07. The average molecular weight is 159 g/mol. The lowest BCUT2D eigenvalue weighted by Crippen LogP contribution is -2.19. The Bertz CT molecular complexity index is 325. The fourth-order valence-electron chi connectivity index (χ4n) is 1.16. The van der Waals surface area contributed by atoms with E-state index in [9.17, 15) is 0 Å². The van der Waals surface area contributed by atoms with Crippen LogP contribution < -0.4 is 0 Å². The van der Waals surface area contributed by atoms with Gasteiger partial charge in [0.2, 0.25) is 0 Å². The molecule has 0 aromatic carbocycles. The van der Waals surface area contributed by atoms with E-state index < -0.39 is 0 Å². The highest BCUT2D eigenvalue weighted by Gasteiger charge is 2.20. The summed E-state index contributed by atoms with van der Waals surface area (Å²) in [5.74, 6) is -0.247. The first kappa shape index (κ1) is 8.49. The van der Waals surface area contributed by atoms with Crippen LogP contribution >= 0.6 is 0 Å². The summed E-state index contributed by atoms with van der Waals surface area (Å²) in [5.41, 5.74) is 1.26. The summed E-state index contributed by atoms with van der Waals surface area (Å²) in [7, 11) is 0. The number of dihydropyridines is 1. The van der Waals surface area contributed by atoms with Gasteiger partial charge in [-0.3, -0.25) is 4.99 Å². The largest absolute Gasteiger partial charge is 0.284 e. The van der Waals surface area contributed by atoms with Crippen molar-refractivity contribution in [2.24, 2.45) is 10.9 Å². The second-order valence-corrected chi connectivity index (χ2v) is 2.80. The highest BCUT2D eigenvalue weighted by molar-refractivity contribution is 6.02. The normalized spacial score (nSPS) is 28.0. The maximum Gasteiger partial charge on any atom is 0.101 e. The average Bonchev–Trinajstić information content (AvgIpc) is 2.05. The minimum absolute atomic E-state index is 0.0212. The first-order chi connectivity index (χ1) is 5.69. The van der Waals surface area contributed by atoms with Crippen molar-refractivity contribution in [3.8, 4) is 12.1 Å². The van der Waals surface area contributed by atoms with E-state index in [0.29, 0.717) is 5.57 Å². The van der Waals surface area contributed by atoms with Crippen LogP contribution in [0.3, 0.4) is 0 Å². The molecule has 3 nitrogen and oxygen atoms in total. The third-order valence-corrected chi connectivity index (χ3v) is 1.92. The molecule has 0 aliphatic carbocycles. The van der Waals surface area contributed by atoms with Crippen molar-refractivity contribution in [2.75, 3.05) is 0 Å². The number of aliphatic imine (C=N–C) groups is 1. The third kappa shape index (κ3) is 1.35. The molecule has 0 saturated heterocycles. The van der Waals surface area contributed by atoms with E-state index in [1.165, 1.54) is 0 Å². The molecule has 12 heavy (non-hydrogen) atoms. The molecule has 2 unspecified atom stereocenters. The van der Waals surface area contributed by atoms with Gasteiger partial charge in [0.25, 0.3) is 0 Å². The van der Waals surface area contributed by atoms with Gasteiger partial charge in [-0.1, -0.05) is 0 Å². The molecule has 1 aliphatic rings. The monoisotopic (exact) mass is 159 g/mol. The van der Waals surface area contributed by atoms with Crippen LogP contribution in [0.1, 0.15) is 13.8 Å². The Morgan fingerprint density at radius 1 is 1.50 bits per heavy atom. The zero-order valence-corrected chi connectivity index (χ0v) is 7.07. The van der Waals surface area contributed by atoms with E-state index in [0.717, 1.165) is 5.71 Å². The standard InChI is InChI=1S/C9H9N3/c1-6-8(4-10)3-9(5-11)7(2)12-6/h3,6,8H,1-2H3. The van der Waals surface area contributed by atoms with Crippen LogP contribution in [0.15, 0.2) is 16.6 Å². The predicted molar refractivity (Wildman–Crippen MR) is 45.4 cm³/mol. The van der Waals surface area contributed by atoms with Crippen molar-refractivity contribution >= 4 is 5.71 Å². The molecule has 1 heterocycles. The van der Waals surface area contributed by atoms with Crippen LogP contribution in [0.4, 0.5) is 0 Å². The molecule has 0 aromatic rings. The van der Waals surface area contributed by atoms with Gasteiger partial charge in [0.1, 0.15) is 6.07 Å². The summed E-state index contributed by atoms with van der Waals surface area (Å²) < 4.78 is 0. The molecule has 1 rings (SSSR count). The van der Waals surface area contributed by atoms with Gasteiger partial charge in [-0.2, -0.15) is 10.5 Å². The van der Waals surface area contributed by atoms with Crippen LogP contribution in [-0.2, 0) is 0 Å². The van der Waals surface area contributed by atoms with Gasteiger partial charge >= 0.3 is 0 Å². The molecule has 0 bridgehead atoms. The summed E-state index contributed by atoms with van der Waals surface area (Å²) in [6, 6.07) is 4.10. The smallest absolute Gasteiger partial charge is 0.101 e. The van der Waals surface area contributed by atoms with Crippen molar-refractivity contribution in [1.82, 2.24) is 0 Å². The summed E-state index contributed by atoms with van der Waals surface area (Å²) in [4.78, 5) is 4.19. The zero-order chi connectivity index (χ0) is 9.14. The molecular weight excluding hydrogens is 150 g/mol. The number of nitrogens with zero attached hydrogens (tertiary/aromatic N) is 3. The molecule has 0 fully saturated rings. The van der Waals surface area contributed by atoms with Gasteiger partial charge in [0.15, 0.2) is 0 Å². The lowest BCUT2D eigenvalue weighted by atomic mass is 9.95. The Balaban J connectivity index is 3.01. The Morgan fingerprint density at radius 2 is 2.17 bits per heavy atom. The summed E-state index contributed by atoms with van der Waals surface area (Å²) in [6.45, 7) is 3.67. The van der Waals surface area contributed by atoms with Crippen LogP contribution in [0.5, 0.6) is 0 Å². The fourth-order valence-corrected chi connectivity index (χ4v) is 1.16. The number of allylic oxidation sites excluding steroid dienone is 1. The van der Waals surface area contributed by atoms with Crippen molar-refractivity contribution in [3.63, 3.8) is 0 Å². The lowest BCUT2D eigenvalue weighted by Gasteiger charge is -2.16. The number of hydrogen-bond donors (Lipinski definition) is 0. The first-order valence-corrected chi connectivity index (χ1v) is 3.75. The van der Waals surface area contributed by atoms with Crippen molar-refractivity contribution in [3.05, 3.63) is 11.6 Å². The molecular formula is C9H9N3. The van der Waals surface area contributed by atoms with E-state index in [2.05, 4.69) is 11.1 Å². The van der Waals surface area contributed by atoms with Gasteiger partial charge in [-0.15, -0.1) is 0 Å². The Labute approximate surface area is 71.6 Å². The van der Waals surface area contributed by atoms with Crippen molar-refractivity contribution in [2.45, 2.75) is 19.9 Å². The maximum absolute atomic E-state index is 8.69. The van der Waals surface area contributed by atoms with Gasteiger partial charge in [0, 0.05) is 5.71 Å². The van der Waals surface area contributed by atoms with Crippen LogP contribution in [0, 0.1) is 28.6 Å². The summed E-state index contributed by atoms with van der Waals surface area (Å²) in [5, 5.41) is 17.3. The van der Waals surface area contributed by atoms with E-state index >= 15 is 0 Å². The van der Waals surface area contributed by atoms with Gasteiger partial charge in [0.05, 0.1) is 23.6 Å². The van der Waals surface area contributed by atoms with Gasteiger partial charge in [-0.25, -0.2) is 0 Å². The number of rotatable bonds is 0. The van der Waals surface area contributed by atoms with E-state index in [1.54, 1.807) is 13.0 Å². The summed E-state index contributed by atoms with van der Waals surface area (Å²) >= 11 is 0. The van der Waals surface area contributed by atoms with Crippen molar-refractivity contribution < 1.29 is 0 Å². The molecule has 0 aromatic heterocycles. The van der Waals surface area contributed by atoms with Crippen LogP contribution in [0.25, 0.3) is 0 Å². The molecule has 60 valence electrons. The molecule has 0 N–H and O–H groups in total. The molecule has 0 saturated carbocycles. The molecule has 2 atom stereocenters. The quantitative estimate of drug-likeness (QED) is 0.537. The second-order valence-electron chi connectivity index (χ2n) is 2.80. The third-order valence-electron chi connectivity index (χ3n) is 1.92. The minimum Gasteiger partial charge on any atom is -0.284 e. The van der Waals surface area contributed by atoms with Crippen LogP contribution in [-0.4, -0.2) is 11.8 Å². The lowest BCUT2D eigenvalue weighted by molar-refractivity contribution is 0.638. The number of hydrogen-bond acceptors (Lipinski definition) is 3. The Kier molecular flexibility index (Phi) is 2.26. The van der Waals surface area contributed by atoms with Gasteiger partial charge in [-0.05, 0) is 19.9 Å². The molecule has 0 radical (unpaired) electrons. The van der Waals surface area contributed by atoms with Gasteiger partial charge < -0.3 is 0 Å². The molecule has 1 aliphatic heterocycles. The SMILES string of the molecule is CC1=NC(C)C(C#N)C=C1C#N. The highest BCUT2D eigenvalue weighted by Crippen LogP contribution is 2.17. The second kappa shape index (κ2) is 3.19. The highest BCUT2D eigenvalue weighted by atomic mass is 14.8. The van der Waals surface area contributed by atoms with Crippen LogP contribution in [0.2, 0.25) is 0 Å². The summed E-state index contributed by atoms with van der Waals surface area (Å²) in [6.07, 6.45) is 1.69. The Hall–Kier alpha value is -1.61. The van der Waals surface area contributed by atoms with E-state index in [4.69, 9.17) is 10.5 Å². The van der Waals surface area contributed by atoms with E-state index in [-0.39, 0.29) is 12.0 Å². The fraction of sp³-hybridized carbons (Fsp3) is 0.444. The Morgan fingerprint density at radius 3 is 2.67 bits per heavy atom. The molecule has 0 spiro atoms. The van der Waals surface area contributed by atoms with Crippen molar-refractivity contribution in [1.29, 1.82) is 10.5 Å². The predicted octanol–water partition coefficient (Wildman–Crippen LogP) is 1.44. The minimum atomic E-state index is -0.247. The van der Waals surface area contributed by atoms with E-state index in [1.807, 2.05) is 13.0 Å². The maximum atomic E-state index is 8.69. The number of nitriles is 2. The topological polar surface area (TPSA) is 59.9 Å².